The van der Waals surface area contributed by atoms with Crippen molar-refractivity contribution in [1.29, 1.82) is 0 Å². The van der Waals surface area contributed by atoms with Crippen molar-refractivity contribution in [1.82, 2.24) is 4.98 Å². The molecule has 0 N–H and O–H groups in total. The highest BCUT2D eigenvalue weighted by molar-refractivity contribution is 8.00. The molecule has 2 heterocycles. The van der Waals surface area contributed by atoms with Gasteiger partial charge < -0.3 is 4.42 Å². The molecule has 26 heavy (non-hydrogen) atoms. The summed E-state index contributed by atoms with van der Waals surface area (Å²) < 4.78 is 7.64. The van der Waals surface area contributed by atoms with Gasteiger partial charge in [-0.3, -0.25) is 0 Å². The Morgan fingerprint density at radius 3 is 2.77 bits per heavy atom. The summed E-state index contributed by atoms with van der Waals surface area (Å²) in [4.78, 5) is 16.7. The van der Waals surface area contributed by atoms with E-state index in [1.54, 1.807) is 29.2 Å². The van der Waals surface area contributed by atoms with Crippen molar-refractivity contribution in [3.63, 3.8) is 0 Å². The van der Waals surface area contributed by atoms with Gasteiger partial charge in [0.1, 0.15) is 5.58 Å². The Bertz CT molecular complexity index is 1120. The van der Waals surface area contributed by atoms with E-state index in [-0.39, 0.29) is 5.63 Å². The van der Waals surface area contributed by atoms with Gasteiger partial charge >= 0.3 is 5.63 Å². The van der Waals surface area contributed by atoms with Crippen molar-refractivity contribution in [2.75, 3.05) is 0 Å². The van der Waals surface area contributed by atoms with Crippen LogP contribution in [-0.4, -0.2) is 4.98 Å². The summed E-state index contributed by atoms with van der Waals surface area (Å²) in [5.41, 5.74) is 4.84. The lowest BCUT2D eigenvalue weighted by Crippen LogP contribution is -2.02. The van der Waals surface area contributed by atoms with Gasteiger partial charge in [0.15, 0.2) is 4.34 Å². The molecule has 0 atom stereocenters. The molecule has 2 aromatic carbocycles. The number of thioether (sulfide) groups is 1. The van der Waals surface area contributed by atoms with E-state index in [4.69, 9.17) is 4.42 Å². The Morgan fingerprint density at radius 2 is 2.00 bits per heavy atom. The minimum Gasteiger partial charge on any atom is -0.423 e. The molecule has 0 amide bonds. The van der Waals surface area contributed by atoms with Crippen LogP contribution in [0.25, 0.3) is 21.2 Å². The minimum atomic E-state index is -0.297. The Morgan fingerprint density at radius 1 is 1.19 bits per heavy atom. The van der Waals surface area contributed by atoms with Crippen LogP contribution in [0.15, 0.2) is 56.0 Å². The van der Waals surface area contributed by atoms with E-state index in [0.717, 1.165) is 26.4 Å². The number of hydrogen-bond donors (Lipinski definition) is 0. The van der Waals surface area contributed by atoms with Crippen LogP contribution >= 0.6 is 23.1 Å². The lowest BCUT2D eigenvalue weighted by Gasteiger charge is -2.12. The van der Waals surface area contributed by atoms with Gasteiger partial charge in [0.2, 0.25) is 0 Å². The molecule has 0 aliphatic heterocycles. The summed E-state index contributed by atoms with van der Waals surface area (Å²) >= 11 is 3.36. The van der Waals surface area contributed by atoms with E-state index in [1.807, 2.05) is 24.3 Å². The molecule has 0 spiro atoms. The summed E-state index contributed by atoms with van der Waals surface area (Å²) in [6.45, 7) is 6.43. The number of fused-ring (bicyclic) bond motifs is 2. The standard InChI is InChI=1S/C21H19NO2S2/c1-12(2)15-10-16-14(9-20(23)24-18(16)8-13(15)3)11-25-21-22-17-6-4-5-7-19(17)26-21/h4-10,12H,11H2,1-3H3. The molecule has 4 aromatic rings. The predicted octanol–water partition coefficient (Wildman–Crippen LogP) is 6.13. The highest BCUT2D eigenvalue weighted by Crippen LogP contribution is 2.34. The van der Waals surface area contributed by atoms with Gasteiger partial charge in [0, 0.05) is 17.2 Å². The average molecular weight is 382 g/mol. The van der Waals surface area contributed by atoms with E-state index in [9.17, 15) is 4.79 Å². The van der Waals surface area contributed by atoms with Crippen molar-refractivity contribution in [3.8, 4) is 0 Å². The van der Waals surface area contributed by atoms with Crippen LogP contribution in [0.5, 0.6) is 0 Å². The van der Waals surface area contributed by atoms with Crippen LogP contribution in [0.4, 0.5) is 0 Å². The average Bonchev–Trinajstić information content (AvgIpc) is 3.01. The van der Waals surface area contributed by atoms with Gasteiger partial charge in [-0.05, 0) is 53.8 Å². The van der Waals surface area contributed by atoms with Crippen LogP contribution in [0.3, 0.4) is 0 Å². The molecule has 0 aliphatic carbocycles. The first-order valence-electron chi connectivity index (χ1n) is 8.57. The fourth-order valence-electron chi connectivity index (χ4n) is 3.19. The lowest BCUT2D eigenvalue weighted by atomic mass is 9.95. The number of rotatable bonds is 4. The molecular weight excluding hydrogens is 362 g/mol. The van der Waals surface area contributed by atoms with Gasteiger partial charge in [0.25, 0.3) is 0 Å². The topological polar surface area (TPSA) is 43.1 Å². The quantitative estimate of drug-likeness (QED) is 0.315. The number of benzene rings is 2. The third-order valence-corrected chi connectivity index (χ3v) is 6.69. The van der Waals surface area contributed by atoms with Crippen molar-refractivity contribution in [3.05, 3.63) is 69.6 Å². The molecule has 0 fully saturated rings. The SMILES string of the molecule is Cc1cc2oc(=O)cc(CSc3nc4ccccc4s3)c2cc1C(C)C. The van der Waals surface area contributed by atoms with Crippen molar-refractivity contribution in [2.24, 2.45) is 0 Å². The number of nitrogens with zero attached hydrogens (tertiary/aromatic N) is 1. The summed E-state index contributed by atoms with van der Waals surface area (Å²) in [5, 5.41) is 1.02. The van der Waals surface area contributed by atoms with Gasteiger partial charge in [-0.2, -0.15) is 0 Å². The lowest BCUT2D eigenvalue weighted by molar-refractivity contribution is 0.559. The Kier molecular flexibility index (Phi) is 4.59. The second kappa shape index (κ2) is 6.89. The van der Waals surface area contributed by atoms with Crippen molar-refractivity contribution in [2.45, 2.75) is 36.8 Å². The molecule has 132 valence electrons. The predicted molar refractivity (Wildman–Crippen MR) is 110 cm³/mol. The summed E-state index contributed by atoms with van der Waals surface area (Å²) in [7, 11) is 0. The first-order chi connectivity index (χ1) is 12.5. The summed E-state index contributed by atoms with van der Waals surface area (Å²) in [5.74, 6) is 1.12. The highest BCUT2D eigenvalue weighted by Gasteiger charge is 2.12. The molecule has 2 aromatic heterocycles. The molecule has 0 unspecified atom stereocenters. The van der Waals surface area contributed by atoms with E-state index in [1.165, 1.54) is 10.3 Å². The van der Waals surface area contributed by atoms with Crippen LogP contribution < -0.4 is 5.63 Å². The number of aryl methyl sites for hydroxylation is 1. The molecular formula is C21H19NO2S2. The highest BCUT2D eigenvalue weighted by atomic mass is 32.2. The maximum absolute atomic E-state index is 12.0. The Labute approximate surface area is 160 Å². The molecule has 0 radical (unpaired) electrons. The van der Waals surface area contributed by atoms with Gasteiger partial charge in [-0.1, -0.05) is 37.7 Å². The summed E-state index contributed by atoms with van der Waals surface area (Å²) in [6, 6.07) is 13.9. The van der Waals surface area contributed by atoms with Crippen LogP contribution in [0.2, 0.25) is 0 Å². The normalized spacial score (nSPS) is 11.7. The van der Waals surface area contributed by atoms with Crippen LogP contribution in [0.1, 0.15) is 36.5 Å². The van der Waals surface area contributed by atoms with Crippen molar-refractivity contribution >= 4 is 44.3 Å². The molecule has 3 nitrogen and oxygen atoms in total. The van der Waals surface area contributed by atoms with Gasteiger partial charge in [-0.15, -0.1) is 11.3 Å². The van der Waals surface area contributed by atoms with E-state index in [2.05, 4.69) is 37.9 Å². The molecule has 0 aliphatic rings. The Balaban J connectivity index is 1.72. The van der Waals surface area contributed by atoms with Gasteiger partial charge in [0.05, 0.1) is 10.2 Å². The Hall–Kier alpha value is -2.11. The number of aromatic nitrogens is 1. The summed E-state index contributed by atoms with van der Waals surface area (Å²) in [6.07, 6.45) is 0. The number of para-hydroxylation sites is 1. The fraction of sp³-hybridized carbons (Fsp3) is 0.238. The zero-order valence-corrected chi connectivity index (χ0v) is 16.5. The van der Waals surface area contributed by atoms with E-state index < -0.39 is 0 Å². The third-order valence-electron chi connectivity index (χ3n) is 4.46. The maximum atomic E-state index is 12.0. The molecule has 4 rings (SSSR count). The molecule has 0 bridgehead atoms. The molecule has 5 heteroatoms. The van der Waals surface area contributed by atoms with E-state index >= 15 is 0 Å². The maximum Gasteiger partial charge on any atom is 0.336 e. The third kappa shape index (κ3) is 3.29. The first-order valence-corrected chi connectivity index (χ1v) is 10.4. The largest absolute Gasteiger partial charge is 0.423 e. The van der Waals surface area contributed by atoms with E-state index in [0.29, 0.717) is 17.3 Å². The number of thiazole rings is 1. The van der Waals surface area contributed by atoms with Crippen LogP contribution in [0, 0.1) is 6.92 Å². The first kappa shape index (κ1) is 17.3. The van der Waals surface area contributed by atoms with Gasteiger partial charge in [-0.25, -0.2) is 9.78 Å². The molecule has 0 saturated carbocycles. The monoisotopic (exact) mass is 381 g/mol. The van der Waals surface area contributed by atoms with Crippen LogP contribution in [-0.2, 0) is 5.75 Å². The zero-order chi connectivity index (χ0) is 18.3. The minimum absolute atomic E-state index is 0.297. The van der Waals surface area contributed by atoms with Crippen molar-refractivity contribution < 1.29 is 4.42 Å². The zero-order valence-electron chi connectivity index (χ0n) is 14.9. The molecule has 0 saturated heterocycles. The smallest absolute Gasteiger partial charge is 0.336 e. The second-order valence-corrected chi connectivity index (χ2v) is 8.94. The second-order valence-electron chi connectivity index (χ2n) is 6.69. The number of hydrogen-bond acceptors (Lipinski definition) is 5. The fourth-order valence-corrected chi connectivity index (χ4v) is 5.24.